The van der Waals surface area contributed by atoms with Gasteiger partial charge in [-0.25, -0.2) is 0 Å². The van der Waals surface area contributed by atoms with Crippen molar-refractivity contribution in [2.75, 3.05) is 26.2 Å². The van der Waals surface area contributed by atoms with E-state index < -0.39 is 12.0 Å². The van der Waals surface area contributed by atoms with Crippen LogP contribution in [0.3, 0.4) is 0 Å². The molecule has 6 heteroatoms. The highest BCUT2D eigenvalue weighted by atomic mass is 16.3. The quantitative estimate of drug-likeness (QED) is 0.755. The molecule has 2 heterocycles. The van der Waals surface area contributed by atoms with E-state index in [4.69, 9.17) is 0 Å². The molecule has 1 N–H and O–H groups in total. The van der Waals surface area contributed by atoms with Crippen molar-refractivity contribution in [3.8, 4) is 0 Å². The Labute approximate surface area is 142 Å². The number of hydrogen-bond acceptors (Lipinski definition) is 5. The number of carbonyl (C=O) groups excluding carboxylic acids is 3. The third-order valence-electron chi connectivity index (χ3n) is 6.47. The Bertz CT molecular complexity index is 557. The van der Waals surface area contributed by atoms with E-state index >= 15 is 0 Å². The Morgan fingerprint density at radius 3 is 2.38 bits per heavy atom. The van der Waals surface area contributed by atoms with E-state index in [1.165, 1.54) is 11.3 Å². The zero-order valence-electron chi connectivity index (χ0n) is 14.0. The van der Waals surface area contributed by atoms with Crippen LogP contribution in [0.25, 0.3) is 0 Å². The second-order valence-electron chi connectivity index (χ2n) is 7.97. The predicted octanol–water partition coefficient (Wildman–Crippen LogP) is 0.433. The molecule has 0 aromatic carbocycles. The minimum absolute atomic E-state index is 0.0354. The van der Waals surface area contributed by atoms with E-state index in [2.05, 4.69) is 4.90 Å². The summed E-state index contributed by atoms with van der Waals surface area (Å²) in [6.07, 6.45) is 4.89. The molecule has 5 unspecified atom stereocenters. The van der Waals surface area contributed by atoms with Gasteiger partial charge in [-0.05, 0) is 44.7 Å². The number of aliphatic hydroxyl groups excluding tert-OH is 1. The van der Waals surface area contributed by atoms with Crippen molar-refractivity contribution in [3.05, 3.63) is 0 Å². The van der Waals surface area contributed by atoms with Crippen LogP contribution >= 0.6 is 0 Å². The van der Waals surface area contributed by atoms with Crippen molar-refractivity contribution in [3.63, 3.8) is 0 Å². The highest BCUT2D eigenvalue weighted by Gasteiger charge is 2.60. The molecule has 5 aliphatic rings. The summed E-state index contributed by atoms with van der Waals surface area (Å²) in [4.78, 5) is 41.1. The summed E-state index contributed by atoms with van der Waals surface area (Å²) >= 11 is 0. The van der Waals surface area contributed by atoms with Crippen LogP contribution in [0.5, 0.6) is 0 Å². The molecule has 0 aromatic rings. The monoisotopic (exact) mass is 334 g/mol. The third-order valence-corrected chi connectivity index (χ3v) is 6.47. The molecule has 5 fully saturated rings. The lowest BCUT2D eigenvalue weighted by atomic mass is 9.59. The summed E-state index contributed by atoms with van der Waals surface area (Å²) in [7, 11) is 0. The molecular formula is C18H26N2O4. The van der Waals surface area contributed by atoms with Gasteiger partial charge in [-0.2, -0.15) is 0 Å². The summed E-state index contributed by atoms with van der Waals surface area (Å²) in [5.74, 6) is -1.19. The summed E-state index contributed by atoms with van der Waals surface area (Å²) in [6.45, 7) is 2.54. The number of likely N-dealkylation sites (tertiary alicyclic amines) is 2. The first-order valence-electron chi connectivity index (χ1n) is 9.34. The lowest BCUT2D eigenvalue weighted by Crippen LogP contribution is -2.46. The SMILES string of the molecule is O=C1CC2CCC1C1C(=O)N(CC(O)CN3CCCCC3)C(=O)C21. The lowest BCUT2D eigenvalue weighted by molar-refractivity contribution is -0.144. The van der Waals surface area contributed by atoms with E-state index in [0.717, 1.165) is 38.8 Å². The molecule has 0 spiro atoms. The zero-order valence-corrected chi connectivity index (χ0v) is 14.0. The van der Waals surface area contributed by atoms with Gasteiger partial charge in [0.1, 0.15) is 5.78 Å². The van der Waals surface area contributed by atoms with Crippen LogP contribution in [0, 0.1) is 23.7 Å². The molecule has 2 saturated heterocycles. The van der Waals surface area contributed by atoms with Crippen LogP contribution in [0.4, 0.5) is 0 Å². The van der Waals surface area contributed by atoms with Gasteiger partial charge in [0.25, 0.3) is 0 Å². The van der Waals surface area contributed by atoms with Gasteiger partial charge in [0.2, 0.25) is 11.8 Å². The number of imide groups is 1. The molecule has 2 amide bonds. The average Bonchev–Trinajstić information content (AvgIpc) is 2.83. The van der Waals surface area contributed by atoms with Crippen LogP contribution in [-0.4, -0.2) is 64.8 Å². The molecule has 5 rings (SSSR count). The van der Waals surface area contributed by atoms with Crippen LogP contribution in [0.15, 0.2) is 0 Å². The number of rotatable bonds is 4. The van der Waals surface area contributed by atoms with Crippen LogP contribution < -0.4 is 0 Å². The molecule has 3 saturated carbocycles. The number of β-amino-alcohol motifs (C(OH)–C–C–N with tert-alkyl or cyclic N) is 1. The van der Waals surface area contributed by atoms with Crippen LogP contribution in [-0.2, 0) is 14.4 Å². The third kappa shape index (κ3) is 2.60. The molecule has 0 aromatic heterocycles. The van der Waals surface area contributed by atoms with Gasteiger partial charge < -0.3 is 10.0 Å². The Kier molecular flexibility index (Phi) is 4.21. The number of nitrogens with zero attached hydrogens (tertiary/aromatic N) is 2. The maximum Gasteiger partial charge on any atom is 0.233 e. The Morgan fingerprint density at radius 1 is 0.958 bits per heavy atom. The fraction of sp³-hybridized carbons (Fsp3) is 0.833. The minimum Gasteiger partial charge on any atom is -0.390 e. The fourth-order valence-electron chi connectivity index (χ4n) is 5.33. The van der Waals surface area contributed by atoms with Crippen molar-refractivity contribution < 1.29 is 19.5 Å². The summed E-state index contributed by atoms with van der Waals surface area (Å²) in [6, 6.07) is 0. The van der Waals surface area contributed by atoms with Gasteiger partial charge in [-0.1, -0.05) is 6.42 Å². The van der Waals surface area contributed by atoms with Crippen molar-refractivity contribution in [1.82, 2.24) is 9.80 Å². The van der Waals surface area contributed by atoms with E-state index in [1.54, 1.807) is 0 Å². The molecule has 2 bridgehead atoms. The van der Waals surface area contributed by atoms with E-state index in [0.29, 0.717) is 13.0 Å². The number of aliphatic hydroxyl groups is 1. The molecular weight excluding hydrogens is 308 g/mol. The first-order valence-corrected chi connectivity index (χ1v) is 9.34. The average molecular weight is 334 g/mol. The number of fused-ring (bicyclic) bond motifs is 2. The highest BCUT2D eigenvalue weighted by Crippen LogP contribution is 2.51. The number of amides is 2. The van der Waals surface area contributed by atoms with Gasteiger partial charge in [-0.15, -0.1) is 0 Å². The number of piperidine rings is 1. The maximum absolute atomic E-state index is 12.7. The van der Waals surface area contributed by atoms with E-state index in [9.17, 15) is 19.5 Å². The number of ketones is 1. The Hall–Kier alpha value is -1.27. The largest absolute Gasteiger partial charge is 0.390 e. The minimum atomic E-state index is -0.704. The van der Waals surface area contributed by atoms with E-state index in [-0.39, 0.29) is 41.9 Å². The second kappa shape index (κ2) is 6.23. The Morgan fingerprint density at radius 2 is 1.67 bits per heavy atom. The topological polar surface area (TPSA) is 77.9 Å². The summed E-state index contributed by atoms with van der Waals surface area (Å²) in [5.41, 5.74) is 0. The number of carbonyl (C=O) groups is 3. The van der Waals surface area contributed by atoms with Gasteiger partial charge in [0.15, 0.2) is 0 Å². The molecule has 5 atom stereocenters. The Balaban J connectivity index is 1.43. The number of hydrogen-bond donors (Lipinski definition) is 1. The normalized spacial score (nSPS) is 37.9. The van der Waals surface area contributed by atoms with Crippen molar-refractivity contribution in [2.45, 2.75) is 44.6 Å². The first kappa shape index (κ1) is 16.2. The lowest BCUT2D eigenvalue weighted by Gasteiger charge is -2.41. The van der Waals surface area contributed by atoms with Crippen molar-refractivity contribution in [1.29, 1.82) is 0 Å². The van der Waals surface area contributed by atoms with Crippen LogP contribution in [0.1, 0.15) is 38.5 Å². The molecule has 0 radical (unpaired) electrons. The highest BCUT2D eigenvalue weighted by molar-refractivity contribution is 6.08. The molecule has 2 aliphatic heterocycles. The van der Waals surface area contributed by atoms with Gasteiger partial charge >= 0.3 is 0 Å². The molecule has 3 aliphatic carbocycles. The molecule has 6 nitrogen and oxygen atoms in total. The first-order chi connectivity index (χ1) is 11.6. The van der Waals surface area contributed by atoms with Crippen molar-refractivity contribution in [2.24, 2.45) is 23.7 Å². The van der Waals surface area contributed by atoms with Gasteiger partial charge in [-0.3, -0.25) is 19.3 Å². The van der Waals surface area contributed by atoms with Gasteiger partial charge in [0, 0.05) is 18.9 Å². The summed E-state index contributed by atoms with van der Waals surface area (Å²) < 4.78 is 0. The standard InChI is InChI=1S/C18H26N2O4/c21-12(9-19-6-2-1-3-7-19)10-20-17(23)15-11-4-5-13(14(22)8-11)16(15)18(20)24/h11-13,15-16,21H,1-10H2. The molecule has 24 heavy (non-hydrogen) atoms. The molecule has 132 valence electrons. The smallest absolute Gasteiger partial charge is 0.233 e. The van der Waals surface area contributed by atoms with Gasteiger partial charge in [0.05, 0.1) is 24.5 Å². The number of Topliss-reactive ketones (excluding diaryl/α,β-unsaturated/α-hetero) is 1. The fourth-order valence-corrected chi connectivity index (χ4v) is 5.33. The second-order valence-corrected chi connectivity index (χ2v) is 7.97. The van der Waals surface area contributed by atoms with Crippen LogP contribution in [0.2, 0.25) is 0 Å². The predicted molar refractivity (Wildman–Crippen MR) is 85.8 cm³/mol. The zero-order chi connectivity index (χ0) is 16.8. The summed E-state index contributed by atoms with van der Waals surface area (Å²) in [5, 5.41) is 10.4. The van der Waals surface area contributed by atoms with E-state index in [1.807, 2.05) is 0 Å². The van der Waals surface area contributed by atoms with Crippen molar-refractivity contribution >= 4 is 17.6 Å². The maximum atomic E-state index is 12.7.